The van der Waals surface area contributed by atoms with Gasteiger partial charge in [-0.15, -0.1) is 11.3 Å². The molecule has 6 rings (SSSR count). The number of nitrogens with zero attached hydrogens (tertiary/aromatic N) is 4. The molecule has 0 radical (unpaired) electrons. The lowest BCUT2D eigenvalue weighted by Crippen LogP contribution is -2.58. The summed E-state index contributed by atoms with van der Waals surface area (Å²) in [5.41, 5.74) is 6.50. The molecule has 14 nitrogen and oxygen atoms in total. The Labute approximate surface area is 342 Å². The van der Waals surface area contributed by atoms with Gasteiger partial charge in [0.15, 0.2) is 0 Å². The third-order valence-electron chi connectivity index (χ3n) is 9.62. The molecule has 4 N–H and O–H groups in total. The van der Waals surface area contributed by atoms with Gasteiger partial charge in [-0.3, -0.25) is 14.4 Å². The van der Waals surface area contributed by atoms with Crippen LogP contribution in [0.1, 0.15) is 38.4 Å². The van der Waals surface area contributed by atoms with Crippen molar-refractivity contribution in [2.45, 2.75) is 58.8 Å². The Kier molecular flexibility index (Phi) is 13.7. The largest absolute Gasteiger partial charge is 0.497 e. The van der Waals surface area contributed by atoms with Gasteiger partial charge in [0.2, 0.25) is 17.7 Å². The summed E-state index contributed by atoms with van der Waals surface area (Å²) in [6, 6.07) is 22.8. The fourth-order valence-electron chi connectivity index (χ4n) is 6.49. The van der Waals surface area contributed by atoms with Crippen molar-refractivity contribution in [1.82, 2.24) is 30.5 Å². The summed E-state index contributed by atoms with van der Waals surface area (Å²) in [5, 5.41) is 19.5. The van der Waals surface area contributed by atoms with Crippen LogP contribution >= 0.6 is 11.3 Å². The highest BCUT2D eigenvalue weighted by Crippen LogP contribution is 2.29. The number of thiazole rings is 1. The van der Waals surface area contributed by atoms with E-state index in [1.54, 1.807) is 18.4 Å². The molecule has 15 heteroatoms. The third-order valence-corrected chi connectivity index (χ3v) is 10.6. The molecular formula is C43H49N7O7S. The molecule has 1 aliphatic heterocycles. The molecule has 0 spiro atoms. The van der Waals surface area contributed by atoms with Gasteiger partial charge in [-0.1, -0.05) is 45.0 Å². The zero-order chi connectivity index (χ0) is 41.2. The fraction of sp³-hybridized carbons (Fsp3) is 0.349. The van der Waals surface area contributed by atoms with E-state index < -0.39 is 35.4 Å². The minimum atomic E-state index is -0.967. The fourth-order valence-corrected chi connectivity index (χ4v) is 7.31. The highest BCUT2D eigenvalue weighted by Gasteiger charge is 2.44. The SMILES string of the molecule is COc1ccc(Nc2cc(-c3ccc(OCCOCC(=O)N[C@H](C(=O)N4C[C@H](O)C[C@H]4C(=O)NCc4ccc(-c5scnc5C)cc4)C(C)(C)C)cc3)ncn2)cc1. The average Bonchev–Trinajstić information content (AvgIpc) is 3.84. The number of hydrogen-bond donors (Lipinski definition) is 4. The van der Waals surface area contributed by atoms with Crippen molar-refractivity contribution in [3.63, 3.8) is 0 Å². The smallest absolute Gasteiger partial charge is 0.246 e. The minimum absolute atomic E-state index is 0.0149. The molecular weight excluding hydrogens is 759 g/mol. The molecule has 3 aromatic carbocycles. The molecule has 1 aliphatic rings. The molecule has 3 atom stereocenters. The number of nitrogens with one attached hydrogen (secondary N) is 3. The number of carbonyl (C=O) groups is 3. The van der Waals surface area contributed by atoms with Gasteiger partial charge >= 0.3 is 0 Å². The van der Waals surface area contributed by atoms with Gasteiger partial charge in [-0.05, 0) is 72.0 Å². The molecule has 2 aromatic heterocycles. The van der Waals surface area contributed by atoms with Crippen molar-refractivity contribution in [2.24, 2.45) is 5.41 Å². The van der Waals surface area contributed by atoms with Crippen molar-refractivity contribution >= 4 is 40.6 Å². The highest BCUT2D eigenvalue weighted by atomic mass is 32.1. The Balaban J connectivity index is 0.949. The number of rotatable bonds is 16. The van der Waals surface area contributed by atoms with Crippen molar-refractivity contribution < 1.29 is 33.7 Å². The van der Waals surface area contributed by atoms with E-state index in [0.29, 0.717) is 11.6 Å². The highest BCUT2D eigenvalue weighted by molar-refractivity contribution is 7.13. The molecule has 58 heavy (non-hydrogen) atoms. The minimum Gasteiger partial charge on any atom is -0.497 e. The summed E-state index contributed by atoms with van der Waals surface area (Å²) >= 11 is 1.57. The molecule has 0 bridgehead atoms. The van der Waals surface area contributed by atoms with Gasteiger partial charge < -0.3 is 40.2 Å². The summed E-state index contributed by atoms with van der Waals surface area (Å²) in [5.74, 6) is 0.731. The number of hydrogen-bond acceptors (Lipinski definition) is 12. The van der Waals surface area contributed by atoms with Crippen LogP contribution in [0.4, 0.5) is 11.5 Å². The number of likely N-dealkylation sites (tertiary alicyclic amines) is 1. The van der Waals surface area contributed by atoms with E-state index in [1.165, 1.54) is 11.2 Å². The van der Waals surface area contributed by atoms with Crippen LogP contribution in [0.15, 0.2) is 90.7 Å². The zero-order valence-corrected chi connectivity index (χ0v) is 34.0. The van der Waals surface area contributed by atoms with Crippen LogP contribution in [-0.2, 0) is 25.7 Å². The van der Waals surface area contributed by atoms with Crippen LogP contribution in [0.5, 0.6) is 11.5 Å². The number of aliphatic hydroxyl groups is 1. The molecule has 0 saturated carbocycles. The summed E-state index contributed by atoms with van der Waals surface area (Å²) in [7, 11) is 1.62. The second-order valence-corrected chi connectivity index (χ2v) is 15.9. The maximum atomic E-state index is 13.9. The molecule has 0 aliphatic carbocycles. The second kappa shape index (κ2) is 19.0. The van der Waals surface area contributed by atoms with Gasteiger partial charge in [0.05, 0.1) is 41.6 Å². The first-order chi connectivity index (χ1) is 27.9. The molecule has 1 fully saturated rings. The van der Waals surface area contributed by atoms with Crippen LogP contribution in [-0.4, -0.2) is 94.3 Å². The van der Waals surface area contributed by atoms with Gasteiger partial charge in [-0.25, -0.2) is 15.0 Å². The van der Waals surface area contributed by atoms with E-state index in [9.17, 15) is 19.5 Å². The number of benzene rings is 3. The lowest BCUT2D eigenvalue weighted by atomic mass is 9.85. The van der Waals surface area contributed by atoms with E-state index >= 15 is 0 Å². The topological polar surface area (TPSA) is 177 Å². The van der Waals surface area contributed by atoms with Crippen LogP contribution in [0, 0.1) is 12.3 Å². The van der Waals surface area contributed by atoms with E-state index in [0.717, 1.165) is 44.4 Å². The summed E-state index contributed by atoms with van der Waals surface area (Å²) in [6.45, 7) is 7.73. The number of aryl methyl sites for hydroxylation is 1. The molecule has 3 amide bonds. The number of methoxy groups -OCH3 is 1. The average molecular weight is 808 g/mol. The molecule has 0 unspecified atom stereocenters. The number of anilines is 2. The van der Waals surface area contributed by atoms with Crippen LogP contribution in [0.2, 0.25) is 0 Å². The lowest BCUT2D eigenvalue weighted by Gasteiger charge is -2.35. The quantitative estimate of drug-likeness (QED) is 0.0923. The van der Waals surface area contributed by atoms with Crippen molar-refractivity contribution in [1.29, 1.82) is 0 Å². The van der Waals surface area contributed by atoms with Gasteiger partial charge in [0.1, 0.15) is 48.9 Å². The number of aromatic nitrogens is 3. The Hall–Kier alpha value is -5.90. The Morgan fingerprint density at radius 2 is 1.64 bits per heavy atom. The Morgan fingerprint density at radius 1 is 0.931 bits per heavy atom. The maximum Gasteiger partial charge on any atom is 0.246 e. The van der Waals surface area contributed by atoms with Crippen molar-refractivity contribution in [2.75, 3.05) is 38.8 Å². The predicted octanol–water partition coefficient (Wildman–Crippen LogP) is 5.53. The molecule has 304 valence electrons. The van der Waals surface area contributed by atoms with Crippen LogP contribution in [0.3, 0.4) is 0 Å². The number of aliphatic hydroxyl groups excluding tert-OH is 1. The summed E-state index contributed by atoms with van der Waals surface area (Å²) < 4.78 is 16.6. The van der Waals surface area contributed by atoms with Crippen LogP contribution < -0.4 is 25.4 Å². The van der Waals surface area contributed by atoms with E-state index in [4.69, 9.17) is 14.2 Å². The number of amides is 3. The molecule has 1 saturated heterocycles. The van der Waals surface area contributed by atoms with Gasteiger partial charge in [-0.2, -0.15) is 0 Å². The number of carbonyl (C=O) groups excluding carboxylic acids is 3. The standard InChI is InChI=1S/C43H49N7O7S/c1-27-39(58-26-47-27)30-8-6-28(7-9-30)22-44-41(53)36-20-32(51)23-50(36)42(54)40(43(2,3)4)49-38(52)24-56-18-19-57-34-14-10-29(11-15-34)35-21-37(46-25-45-35)48-31-12-16-33(55-5)17-13-31/h6-17,21,25-26,32,36,40,51H,18-20,22-24H2,1-5H3,(H,44,53)(H,49,52)(H,45,46,48)/t32-,36+,40-/m1/s1. The first kappa shape index (κ1) is 41.7. The number of β-amino-alcohol motifs (C(OH)–C–C–N with tert-alkyl or cyclic N) is 1. The zero-order valence-electron chi connectivity index (χ0n) is 33.2. The number of ether oxygens (including phenoxy) is 3. The lowest BCUT2D eigenvalue weighted by molar-refractivity contribution is -0.144. The van der Waals surface area contributed by atoms with Gasteiger partial charge in [0.25, 0.3) is 0 Å². The maximum absolute atomic E-state index is 13.9. The monoisotopic (exact) mass is 807 g/mol. The van der Waals surface area contributed by atoms with E-state index in [1.807, 2.05) is 112 Å². The predicted molar refractivity (Wildman–Crippen MR) is 222 cm³/mol. The van der Waals surface area contributed by atoms with Gasteiger partial charge in [0, 0.05) is 36.8 Å². The Morgan fingerprint density at radius 3 is 2.31 bits per heavy atom. The van der Waals surface area contributed by atoms with Crippen molar-refractivity contribution in [3.8, 4) is 33.2 Å². The normalized spacial score (nSPS) is 15.7. The van der Waals surface area contributed by atoms with E-state index in [2.05, 4.69) is 30.9 Å². The van der Waals surface area contributed by atoms with E-state index in [-0.39, 0.29) is 45.2 Å². The first-order valence-corrected chi connectivity index (χ1v) is 19.8. The summed E-state index contributed by atoms with van der Waals surface area (Å²) in [4.78, 5) is 55.9. The first-order valence-electron chi connectivity index (χ1n) is 19.0. The van der Waals surface area contributed by atoms with Crippen molar-refractivity contribution in [3.05, 3.63) is 102 Å². The molecule has 3 heterocycles. The van der Waals surface area contributed by atoms with Crippen LogP contribution in [0.25, 0.3) is 21.7 Å². The summed E-state index contributed by atoms with van der Waals surface area (Å²) in [6.07, 6.45) is 0.729. The third kappa shape index (κ3) is 10.9. The molecule has 5 aromatic rings. The second-order valence-electron chi connectivity index (χ2n) is 15.0. The Bertz CT molecular complexity index is 2160.